The van der Waals surface area contributed by atoms with Gasteiger partial charge in [0.15, 0.2) is 5.82 Å². The maximum Gasteiger partial charge on any atom is 0.210 e. The van der Waals surface area contributed by atoms with E-state index in [4.69, 9.17) is 5.84 Å². The molecule has 2 N–H and O–H groups in total. The number of thioether (sulfide) groups is 1. The van der Waals surface area contributed by atoms with Crippen molar-refractivity contribution in [1.82, 2.24) is 19.9 Å². The van der Waals surface area contributed by atoms with E-state index < -0.39 is 5.97 Å². The van der Waals surface area contributed by atoms with Crippen LogP contribution < -0.4 is 10.9 Å². The van der Waals surface area contributed by atoms with E-state index >= 15 is 0 Å². The average Bonchev–Trinajstić information content (AvgIpc) is 2.69. The minimum absolute atomic E-state index is 0.217. The minimum atomic E-state index is -1.18. The molecule has 0 aliphatic carbocycles. The maximum absolute atomic E-state index is 10.3. The van der Waals surface area contributed by atoms with Gasteiger partial charge in [0.1, 0.15) is 0 Å². The molecule has 0 aliphatic rings. The van der Waals surface area contributed by atoms with Crippen molar-refractivity contribution in [3.05, 3.63) is 24.5 Å². The highest BCUT2D eigenvalue weighted by molar-refractivity contribution is 7.99. The summed E-state index contributed by atoms with van der Waals surface area (Å²) < 4.78 is 1.24. The van der Waals surface area contributed by atoms with Gasteiger partial charge in [0, 0.05) is 23.7 Å². The standard InChI is InChI=1S/C9H9N5O2S/c10-14-8(6-1-3-11-4-2-6)12-13-9(14)17-5-7(15)16/h1-4H,5,10H2,(H,15,16)/p-1. The van der Waals surface area contributed by atoms with Crippen molar-refractivity contribution in [3.8, 4) is 11.4 Å². The second-order valence-corrected chi connectivity index (χ2v) is 4.02. The Labute approximate surface area is 101 Å². The van der Waals surface area contributed by atoms with Crippen molar-refractivity contribution < 1.29 is 9.90 Å². The first-order valence-electron chi connectivity index (χ1n) is 4.62. The van der Waals surface area contributed by atoms with Gasteiger partial charge in [-0.25, -0.2) is 4.68 Å². The lowest BCUT2D eigenvalue weighted by Crippen LogP contribution is -2.24. The fourth-order valence-electron chi connectivity index (χ4n) is 1.20. The highest BCUT2D eigenvalue weighted by atomic mass is 32.2. The van der Waals surface area contributed by atoms with Gasteiger partial charge in [-0.2, -0.15) is 0 Å². The van der Waals surface area contributed by atoms with Crippen LogP contribution in [-0.2, 0) is 4.79 Å². The van der Waals surface area contributed by atoms with Gasteiger partial charge in [-0.15, -0.1) is 10.2 Å². The number of aromatic nitrogens is 4. The first-order valence-corrected chi connectivity index (χ1v) is 5.60. The number of hydrogen-bond donors (Lipinski definition) is 1. The van der Waals surface area contributed by atoms with Gasteiger partial charge < -0.3 is 15.7 Å². The number of carboxylic acids is 1. The summed E-state index contributed by atoms with van der Waals surface area (Å²) in [5, 5.41) is 18.3. The molecule has 0 aliphatic heterocycles. The molecule has 17 heavy (non-hydrogen) atoms. The van der Waals surface area contributed by atoms with E-state index in [2.05, 4.69) is 15.2 Å². The van der Waals surface area contributed by atoms with Crippen LogP contribution in [0.3, 0.4) is 0 Å². The summed E-state index contributed by atoms with van der Waals surface area (Å²) in [6.07, 6.45) is 3.22. The van der Waals surface area contributed by atoms with Crippen LogP contribution in [0.1, 0.15) is 0 Å². The van der Waals surface area contributed by atoms with Gasteiger partial charge in [0.2, 0.25) is 5.16 Å². The molecular weight excluding hydrogens is 242 g/mol. The van der Waals surface area contributed by atoms with Gasteiger partial charge in [0.05, 0.1) is 5.97 Å². The number of carbonyl (C=O) groups excluding carboxylic acids is 1. The van der Waals surface area contributed by atoms with E-state index in [1.807, 2.05) is 0 Å². The molecule has 0 atom stereocenters. The molecule has 0 fully saturated rings. The minimum Gasteiger partial charge on any atom is -0.549 e. The fraction of sp³-hybridized carbons (Fsp3) is 0.111. The Balaban J connectivity index is 2.24. The summed E-state index contributed by atoms with van der Waals surface area (Å²) in [5.74, 6) is 4.82. The molecule has 0 aromatic carbocycles. The molecule has 0 radical (unpaired) electrons. The first kappa shape index (κ1) is 11.4. The van der Waals surface area contributed by atoms with Crippen LogP contribution in [0.4, 0.5) is 0 Å². The molecule has 0 saturated heterocycles. The largest absolute Gasteiger partial charge is 0.549 e. The summed E-state index contributed by atoms with van der Waals surface area (Å²) in [4.78, 5) is 14.2. The second-order valence-electron chi connectivity index (χ2n) is 3.07. The van der Waals surface area contributed by atoms with E-state index in [9.17, 15) is 9.90 Å². The van der Waals surface area contributed by atoms with Crippen molar-refractivity contribution >= 4 is 17.7 Å². The van der Waals surface area contributed by atoms with Crippen LogP contribution in [0.5, 0.6) is 0 Å². The first-order chi connectivity index (χ1) is 8.18. The molecule has 2 aromatic rings. The van der Waals surface area contributed by atoms with Crippen LogP contribution in [-0.4, -0.2) is 31.6 Å². The normalized spacial score (nSPS) is 10.4. The van der Waals surface area contributed by atoms with E-state index in [0.717, 1.165) is 17.3 Å². The fourth-order valence-corrected chi connectivity index (χ4v) is 1.77. The predicted molar refractivity (Wildman–Crippen MR) is 59.1 cm³/mol. The maximum atomic E-state index is 10.3. The Morgan fingerprint density at radius 3 is 2.76 bits per heavy atom. The SMILES string of the molecule is Nn1c(SCC(=O)[O-])nnc1-c1ccncc1. The summed E-state index contributed by atoms with van der Waals surface area (Å²) in [5.41, 5.74) is 0.760. The van der Waals surface area contributed by atoms with Crippen molar-refractivity contribution in [3.63, 3.8) is 0 Å². The molecular formula is C9H8N5O2S-. The molecule has 0 saturated carbocycles. The molecule has 0 amide bonds. The van der Waals surface area contributed by atoms with Crippen LogP contribution >= 0.6 is 11.8 Å². The summed E-state index contributed by atoms with van der Waals surface area (Å²) in [6, 6.07) is 3.47. The van der Waals surface area contributed by atoms with Gasteiger partial charge >= 0.3 is 0 Å². The number of aliphatic carboxylic acids is 1. The zero-order valence-electron chi connectivity index (χ0n) is 8.61. The van der Waals surface area contributed by atoms with Gasteiger partial charge in [0.25, 0.3) is 0 Å². The lowest BCUT2D eigenvalue weighted by atomic mass is 10.2. The van der Waals surface area contributed by atoms with E-state index in [0.29, 0.717) is 11.0 Å². The molecule has 2 rings (SSSR count). The Morgan fingerprint density at radius 1 is 1.41 bits per heavy atom. The molecule has 2 heterocycles. The third kappa shape index (κ3) is 2.53. The van der Waals surface area contributed by atoms with Crippen LogP contribution in [0, 0.1) is 0 Å². The number of pyridine rings is 1. The Kier molecular flexibility index (Phi) is 3.24. The lowest BCUT2D eigenvalue weighted by Gasteiger charge is -2.03. The van der Waals surface area contributed by atoms with Gasteiger partial charge in [-0.3, -0.25) is 4.98 Å². The predicted octanol–water partition coefficient (Wildman–Crippen LogP) is -1.10. The average molecular weight is 250 g/mol. The van der Waals surface area contributed by atoms with E-state index in [-0.39, 0.29) is 5.75 Å². The zero-order valence-corrected chi connectivity index (χ0v) is 9.42. The van der Waals surface area contributed by atoms with Crippen LogP contribution in [0.25, 0.3) is 11.4 Å². The highest BCUT2D eigenvalue weighted by Gasteiger charge is 2.11. The van der Waals surface area contributed by atoms with E-state index in [1.165, 1.54) is 4.68 Å². The molecule has 7 nitrogen and oxygen atoms in total. The van der Waals surface area contributed by atoms with Crippen LogP contribution in [0.15, 0.2) is 29.7 Å². The zero-order chi connectivity index (χ0) is 12.3. The van der Waals surface area contributed by atoms with Crippen LogP contribution in [0.2, 0.25) is 0 Å². The monoisotopic (exact) mass is 250 g/mol. The molecule has 2 aromatic heterocycles. The lowest BCUT2D eigenvalue weighted by molar-refractivity contribution is -0.301. The van der Waals surface area contributed by atoms with Crippen molar-refractivity contribution in [2.24, 2.45) is 0 Å². The summed E-state index contributed by atoms with van der Waals surface area (Å²) >= 11 is 0.957. The molecule has 0 spiro atoms. The highest BCUT2D eigenvalue weighted by Crippen LogP contribution is 2.20. The third-order valence-electron chi connectivity index (χ3n) is 1.92. The van der Waals surface area contributed by atoms with Crippen molar-refractivity contribution in [2.75, 3.05) is 11.6 Å². The smallest absolute Gasteiger partial charge is 0.210 e. The molecule has 0 bridgehead atoms. The Hall–Kier alpha value is -2.09. The van der Waals surface area contributed by atoms with Crippen molar-refractivity contribution in [1.29, 1.82) is 0 Å². The van der Waals surface area contributed by atoms with E-state index in [1.54, 1.807) is 24.5 Å². The topological polar surface area (TPSA) is 110 Å². The van der Waals surface area contributed by atoms with Gasteiger partial charge in [-0.1, -0.05) is 11.8 Å². The number of nitrogen functional groups attached to an aromatic ring is 1. The quantitative estimate of drug-likeness (QED) is 0.541. The summed E-state index contributed by atoms with van der Waals surface area (Å²) in [6.45, 7) is 0. The summed E-state index contributed by atoms with van der Waals surface area (Å²) in [7, 11) is 0. The third-order valence-corrected chi connectivity index (χ3v) is 2.84. The number of nitrogens with zero attached hydrogens (tertiary/aromatic N) is 4. The molecule has 0 unspecified atom stereocenters. The molecule has 8 heteroatoms. The Bertz CT molecular complexity index is 527. The second kappa shape index (κ2) is 4.83. The number of rotatable bonds is 4. The van der Waals surface area contributed by atoms with Crippen molar-refractivity contribution in [2.45, 2.75) is 5.16 Å². The Morgan fingerprint density at radius 2 is 2.12 bits per heavy atom. The van der Waals surface area contributed by atoms with Gasteiger partial charge in [-0.05, 0) is 12.1 Å². The number of carboxylic acid groups (broad SMARTS) is 1. The number of nitrogens with two attached hydrogens (primary N) is 1. The number of carbonyl (C=O) groups is 1. The number of hydrogen-bond acceptors (Lipinski definition) is 7. The molecule has 88 valence electrons.